The summed E-state index contributed by atoms with van der Waals surface area (Å²) in [6.45, 7) is 4.76. The first-order valence-corrected chi connectivity index (χ1v) is 9.99. The lowest BCUT2D eigenvalue weighted by atomic mass is 10.1. The van der Waals surface area contributed by atoms with Crippen molar-refractivity contribution in [1.29, 1.82) is 0 Å². The van der Waals surface area contributed by atoms with Crippen LogP contribution in [0.2, 0.25) is 0 Å². The topological polar surface area (TPSA) is 67.2 Å². The van der Waals surface area contributed by atoms with Crippen LogP contribution in [0.25, 0.3) is 0 Å². The molecule has 0 aliphatic carbocycles. The molecule has 7 heteroatoms. The van der Waals surface area contributed by atoms with Crippen molar-refractivity contribution in [2.24, 2.45) is 0 Å². The van der Waals surface area contributed by atoms with Gasteiger partial charge < -0.3 is 5.32 Å². The molecule has 1 aromatic heterocycles. The van der Waals surface area contributed by atoms with Crippen molar-refractivity contribution in [3.63, 3.8) is 0 Å². The molecule has 0 bridgehead atoms. The van der Waals surface area contributed by atoms with Crippen molar-refractivity contribution >= 4 is 29.4 Å². The van der Waals surface area contributed by atoms with Crippen LogP contribution in [0.15, 0.2) is 35.2 Å². The Morgan fingerprint density at radius 3 is 2.77 bits per heavy atom. The number of hydrogen-bond acceptors (Lipinski definition) is 4. The van der Waals surface area contributed by atoms with E-state index < -0.39 is 6.04 Å². The van der Waals surface area contributed by atoms with Crippen molar-refractivity contribution in [3.05, 3.63) is 41.6 Å². The third kappa shape index (κ3) is 3.93. The highest BCUT2D eigenvalue weighted by atomic mass is 32.2. The van der Waals surface area contributed by atoms with Gasteiger partial charge in [-0.2, -0.15) is 5.10 Å². The number of anilines is 1. The van der Waals surface area contributed by atoms with Crippen molar-refractivity contribution in [1.82, 2.24) is 15.1 Å². The molecule has 2 amide bonds. The van der Waals surface area contributed by atoms with Gasteiger partial charge in [-0.25, -0.2) is 4.68 Å². The Morgan fingerprint density at radius 2 is 2.08 bits per heavy atom. The number of fused-ring (bicyclic) bond motifs is 1. The van der Waals surface area contributed by atoms with E-state index in [1.165, 1.54) is 10.5 Å². The Bertz CT molecular complexity index is 800. The standard InChI is InChI=1S/C19H24N4O2S/c1-13-12-17-22(21-13)11-9-18(24)23(17)14(2)19(25)20-10-8-15-4-6-16(26-3)7-5-15/h4-7,12,14H,8-11H2,1-3H3,(H,20,25)/t14-/m1/s1. The molecular formula is C19H24N4O2S. The summed E-state index contributed by atoms with van der Waals surface area (Å²) in [5.74, 6) is 0.521. The van der Waals surface area contributed by atoms with Crippen molar-refractivity contribution < 1.29 is 9.59 Å². The molecule has 1 N–H and O–H groups in total. The van der Waals surface area contributed by atoms with E-state index in [4.69, 9.17) is 0 Å². The Morgan fingerprint density at radius 1 is 1.35 bits per heavy atom. The number of benzene rings is 1. The lowest BCUT2D eigenvalue weighted by Crippen LogP contribution is -2.51. The summed E-state index contributed by atoms with van der Waals surface area (Å²) in [7, 11) is 0. The maximum atomic E-state index is 12.6. The molecule has 1 aromatic carbocycles. The number of amides is 2. The number of rotatable bonds is 6. The summed E-state index contributed by atoms with van der Waals surface area (Å²) >= 11 is 1.71. The minimum absolute atomic E-state index is 0.0345. The first-order valence-electron chi connectivity index (χ1n) is 8.76. The number of carbonyl (C=O) groups excluding carboxylic acids is 2. The number of aromatic nitrogens is 2. The fourth-order valence-electron chi connectivity index (χ4n) is 3.14. The molecule has 0 spiro atoms. The average Bonchev–Trinajstić information content (AvgIpc) is 3.01. The molecule has 1 aliphatic heterocycles. The molecule has 6 nitrogen and oxygen atoms in total. The molecule has 1 aliphatic rings. The highest BCUT2D eigenvalue weighted by Gasteiger charge is 2.32. The normalized spacial score (nSPS) is 14.9. The van der Waals surface area contributed by atoms with Crippen LogP contribution in [-0.4, -0.2) is 40.4 Å². The summed E-state index contributed by atoms with van der Waals surface area (Å²) in [6.07, 6.45) is 3.18. The molecule has 3 rings (SSSR count). The van der Waals surface area contributed by atoms with Gasteiger partial charge in [-0.05, 0) is 44.2 Å². The minimum atomic E-state index is -0.559. The molecule has 0 saturated carbocycles. The first kappa shape index (κ1) is 18.5. The quantitative estimate of drug-likeness (QED) is 0.791. The number of aryl methyl sites for hydroxylation is 2. The molecule has 0 radical (unpaired) electrons. The number of carbonyl (C=O) groups is 2. The van der Waals surface area contributed by atoms with Gasteiger partial charge in [0.15, 0.2) is 0 Å². The van der Waals surface area contributed by atoms with Gasteiger partial charge in [0.1, 0.15) is 11.9 Å². The van der Waals surface area contributed by atoms with Gasteiger partial charge in [-0.3, -0.25) is 14.5 Å². The SMILES string of the molecule is CSc1ccc(CCNC(=O)[C@@H](C)N2C(=O)CCn3nc(C)cc32)cc1. The zero-order valence-corrected chi connectivity index (χ0v) is 16.2. The Labute approximate surface area is 157 Å². The fourth-order valence-corrected chi connectivity index (χ4v) is 3.55. The average molecular weight is 372 g/mol. The summed E-state index contributed by atoms with van der Waals surface area (Å²) in [5, 5.41) is 7.33. The Balaban J connectivity index is 1.59. The Hall–Kier alpha value is -2.28. The second-order valence-corrected chi connectivity index (χ2v) is 7.33. The lowest BCUT2D eigenvalue weighted by Gasteiger charge is -2.31. The monoisotopic (exact) mass is 372 g/mol. The third-order valence-electron chi connectivity index (χ3n) is 4.57. The van der Waals surface area contributed by atoms with E-state index in [0.29, 0.717) is 25.3 Å². The van der Waals surface area contributed by atoms with Crippen LogP contribution in [-0.2, 0) is 22.6 Å². The van der Waals surface area contributed by atoms with Gasteiger partial charge >= 0.3 is 0 Å². The number of nitrogens with zero attached hydrogens (tertiary/aromatic N) is 3. The molecule has 2 heterocycles. The zero-order valence-electron chi connectivity index (χ0n) is 15.4. The highest BCUT2D eigenvalue weighted by molar-refractivity contribution is 7.98. The molecule has 2 aromatic rings. The van der Waals surface area contributed by atoms with Gasteiger partial charge in [-0.1, -0.05) is 12.1 Å². The van der Waals surface area contributed by atoms with Crippen LogP contribution >= 0.6 is 11.8 Å². The van der Waals surface area contributed by atoms with E-state index >= 15 is 0 Å². The van der Waals surface area contributed by atoms with Crippen LogP contribution < -0.4 is 10.2 Å². The highest BCUT2D eigenvalue weighted by Crippen LogP contribution is 2.24. The third-order valence-corrected chi connectivity index (χ3v) is 5.32. The van der Waals surface area contributed by atoms with Gasteiger partial charge in [0.25, 0.3) is 0 Å². The number of nitrogens with one attached hydrogen (secondary N) is 1. The van der Waals surface area contributed by atoms with E-state index in [-0.39, 0.29) is 11.8 Å². The van der Waals surface area contributed by atoms with Crippen molar-refractivity contribution in [2.75, 3.05) is 17.7 Å². The summed E-state index contributed by atoms with van der Waals surface area (Å²) in [5.41, 5.74) is 2.03. The summed E-state index contributed by atoms with van der Waals surface area (Å²) in [6, 6.07) is 9.62. The minimum Gasteiger partial charge on any atom is -0.354 e. The summed E-state index contributed by atoms with van der Waals surface area (Å²) < 4.78 is 1.80. The van der Waals surface area contributed by atoms with Crippen LogP contribution in [0.5, 0.6) is 0 Å². The molecule has 0 fully saturated rings. The molecule has 1 atom stereocenters. The van der Waals surface area contributed by atoms with Gasteiger partial charge in [0, 0.05) is 23.9 Å². The van der Waals surface area contributed by atoms with E-state index in [9.17, 15) is 9.59 Å². The number of hydrogen-bond donors (Lipinski definition) is 1. The van der Waals surface area contributed by atoms with E-state index in [1.807, 2.05) is 19.2 Å². The van der Waals surface area contributed by atoms with Crippen LogP contribution in [0.1, 0.15) is 24.6 Å². The van der Waals surface area contributed by atoms with E-state index in [0.717, 1.165) is 12.1 Å². The second-order valence-electron chi connectivity index (χ2n) is 6.45. The van der Waals surface area contributed by atoms with Crippen LogP contribution in [0.3, 0.4) is 0 Å². The van der Waals surface area contributed by atoms with Gasteiger partial charge in [0.05, 0.1) is 12.2 Å². The van der Waals surface area contributed by atoms with Crippen LogP contribution in [0, 0.1) is 6.92 Å². The predicted molar refractivity (Wildman–Crippen MR) is 103 cm³/mol. The molecule has 0 unspecified atom stereocenters. The van der Waals surface area contributed by atoms with E-state index in [1.54, 1.807) is 28.3 Å². The smallest absolute Gasteiger partial charge is 0.242 e. The Kier molecular flexibility index (Phi) is 5.66. The van der Waals surface area contributed by atoms with E-state index in [2.05, 4.69) is 34.7 Å². The maximum Gasteiger partial charge on any atom is 0.242 e. The second kappa shape index (κ2) is 7.95. The molecular weight excluding hydrogens is 348 g/mol. The van der Waals surface area contributed by atoms with Gasteiger partial charge in [0.2, 0.25) is 11.8 Å². The molecule has 138 valence electrons. The van der Waals surface area contributed by atoms with Gasteiger partial charge in [-0.15, -0.1) is 11.8 Å². The molecule has 26 heavy (non-hydrogen) atoms. The maximum absolute atomic E-state index is 12.6. The van der Waals surface area contributed by atoms with Crippen LogP contribution in [0.4, 0.5) is 5.82 Å². The number of thioether (sulfide) groups is 1. The van der Waals surface area contributed by atoms with Crippen molar-refractivity contribution in [2.45, 2.75) is 44.2 Å². The summed E-state index contributed by atoms with van der Waals surface area (Å²) in [4.78, 5) is 27.7. The predicted octanol–water partition coefficient (Wildman–Crippen LogP) is 2.40. The van der Waals surface area contributed by atoms with Crippen molar-refractivity contribution in [3.8, 4) is 0 Å². The zero-order chi connectivity index (χ0) is 18.7. The lowest BCUT2D eigenvalue weighted by molar-refractivity contribution is -0.126. The first-order chi connectivity index (χ1) is 12.5. The largest absolute Gasteiger partial charge is 0.354 e. The molecule has 0 saturated heterocycles. The fraction of sp³-hybridized carbons (Fsp3) is 0.421.